The van der Waals surface area contributed by atoms with Crippen molar-refractivity contribution in [1.82, 2.24) is 5.32 Å². The van der Waals surface area contributed by atoms with Crippen LogP contribution in [0.1, 0.15) is 54.4 Å². The Bertz CT molecular complexity index is 1530. The largest absolute Gasteiger partial charge is 0.370 e. The van der Waals surface area contributed by atoms with Gasteiger partial charge in [0.2, 0.25) is 5.91 Å². The van der Waals surface area contributed by atoms with E-state index < -0.39 is 0 Å². The highest BCUT2D eigenvalue weighted by Gasteiger charge is 2.32. The zero-order valence-electron chi connectivity index (χ0n) is 22.7. The molecular formula is C34H34N4O2. The Morgan fingerprint density at radius 1 is 0.800 bits per heavy atom. The van der Waals surface area contributed by atoms with Gasteiger partial charge >= 0.3 is 0 Å². The third-order valence-corrected chi connectivity index (χ3v) is 8.44. The van der Waals surface area contributed by atoms with E-state index in [0.717, 1.165) is 60.6 Å². The van der Waals surface area contributed by atoms with Gasteiger partial charge in [-0.2, -0.15) is 0 Å². The molecule has 2 aliphatic carbocycles. The van der Waals surface area contributed by atoms with Gasteiger partial charge in [-0.25, -0.2) is 0 Å². The van der Waals surface area contributed by atoms with Gasteiger partial charge in [0.05, 0.1) is 17.1 Å². The number of amides is 2. The zero-order valence-corrected chi connectivity index (χ0v) is 22.7. The summed E-state index contributed by atoms with van der Waals surface area (Å²) >= 11 is 0. The number of rotatable bonds is 6. The van der Waals surface area contributed by atoms with Crippen LogP contribution in [0.2, 0.25) is 0 Å². The molecular weight excluding hydrogens is 496 g/mol. The zero-order chi connectivity index (χ0) is 27.1. The molecule has 6 nitrogen and oxygen atoms in total. The molecule has 0 unspecified atom stereocenters. The number of para-hydroxylation sites is 3. The maximum absolute atomic E-state index is 13.8. The SMILES string of the molecule is O=C(NC1CC1)C1=CC2=C(C1)c1ccccc1N(C(=O)c1ccc(Nc3ccccc3N3CCCC3)cc1)CC2. The molecule has 0 atom stereocenters. The molecule has 202 valence electrons. The summed E-state index contributed by atoms with van der Waals surface area (Å²) in [5.74, 6) is 0.0473. The van der Waals surface area contributed by atoms with E-state index in [0.29, 0.717) is 24.6 Å². The number of hydrogen-bond acceptors (Lipinski definition) is 4. The van der Waals surface area contributed by atoms with Crippen LogP contribution in [-0.2, 0) is 4.79 Å². The Balaban J connectivity index is 1.09. The van der Waals surface area contributed by atoms with Crippen LogP contribution < -0.4 is 20.4 Å². The van der Waals surface area contributed by atoms with Crippen molar-refractivity contribution in [2.75, 3.05) is 34.8 Å². The molecule has 1 saturated carbocycles. The van der Waals surface area contributed by atoms with Crippen molar-refractivity contribution in [3.8, 4) is 0 Å². The number of anilines is 4. The predicted octanol–water partition coefficient (Wildman–Crippen LogP) is 6.44. The first kappa shape index (κ1) is 24.7. The van der Waals surface area contributed by atoms with Gasteiger partial charge in [0, 0.05) is 54.5 Å². The predicted molar refractivity (Wildman–Crippen MR) is 161 cm³/mol. The van der Waals surface area contributed by atoms with Gasteiger partial charge in [-0.15, -0.1) is 0 Å². The van der Waals surface area contributed by atoms with Crippen LogP contribution >= 0.6 is 0 Å². The average molecular weight is 531 g/mol. The molecule has 40 heavy (non-hydrogen) atoms. The summed E-state index contributed by atoms with van der Waals surface area (Å²) in [6, 6.07) is 24.7. The molecule has 4 aliphatic rings. The normalized spacial score (nSPS) is 18.1. The minimum absolute atomic E-state index is 0.00619. The minimum atomic E-state index is -0.00619. The van der Waals surface area contributed by atoms with Crippen molar-refractivity contribution in [2.24, 2.45) is 0 Å². The van der Waals surface area contributed by atoms with Gasteiger partial charge in [0.15, 0.2) is 0 Å². The first-order valence-corrected chi connectivity index (χ1v) is 14.5. The average Bonchev–Trinajstić information content (AvgIpc) is 3.48. The summed E-state index contributed by atoms with van der Waals surface area (Å²) in [5, 5.41) is 6.69. The second-order valence-electron chi connectivity index (χ2n) is 11.2. The van der Waals surface area contributed by atoms with Crippen molar-refractivity contribution in [3.05, 3.63) is 101 Å². The Hall–Kier alpha value is -4.32. The van der Waals surface area contributed by atoms with Gasteiger partial charge in [-0.1, -0.05) is 30.3 Å². The number of fused-ring (bicyclic) bond motifs is 2. The molecule has 2 aliphatic heterocycles. The second-order valence-corrected chi connectivity index (χ2v) is 11.2. The van der Waals surface area contributed by atoms with Crippen molar-refractivity contribution >= 4 is 40.1 Å². The number of nitrogens with one attached hydrogen (secondary N) is 2. The van der Waals surface area contributed by atoms with E-state index in [9.17, 15) is 9.59 Å². The summed E-state index contributed by atoms with van der Waals surface area (Å²) in [6.07, 6.45) is 8.02. The quantitative estimate of drug-likeness (QED) is 0.385. The minimum Gasteiger partial charge on any atom is -0.370 e. The highest BCUT2D eigenvalue weighted by atomic mass is 16.2. The molecule has 6 heteroatoms. The maximum atomic E-state index is 13.8. The number of allylic oxidation sites excluding steroid dienone is 2. The van der Waals surface area contributed by atoms with Crippen molar-refractivity contribution in [2.45, 2.75) is 44.6 Å². The van der Waals surface area contributed by atoms with Crippen LogP contribution in [-0.4, -0.2) is 37.5 Å². The van der Waals surface area contributed by atoms with Gasteiger partial charge < -0.3 is 20.4 Å². The molecule has 7 rings (SSSR count). The topological polar surface area (TPSA) is 64.7 Å². The smallest absolute Gasteiger partial charge is 0.258 e. The highest BCUT2D eigenvalue weighted by Crippen LogP contribution is 2.42. The Morgan fingerprint density at radius 2 is 1.52 bits per heavy atom. The molecule has 0 aromatic heterocycles. The number of hydrogen-bond donors (Lipinski definition) is 2. The molecule has 2 amide bonds. The van der Waals surface area contributed by atoms with Crippen LogP contribution in [0.3, 0.4) is 0 Å². The van der Waals surface area contributed by atoms with Crippen LogP contribution in [0.4, 0.5) is 22.7 Å². The fourth-order valence-electron chi connectivity index (χ4n) is 6.14. The lowest BCUT2D eigenvalue weighted by Crippen LogP contribution is -2.32. The molecule has 1 saturated heterocycles. The number of carbonyl (C=O) groups excluding carboxylic acids is 2. The standard InChI is InChI=1S/C34H34N4O2/c39-33(36-27-15-16-27)25-21-24-17-20-38(31-9-3-1-7-28(31)29(24)22-25)34(40)23-11-13-26(14-12-23)35-30-8-2-4-10-32(30)37-18-5-6-19-37/h1-4,7-14,21,27,35H,5-6,15-20,22H2,(H,36,39). The first-order chi connectivity index (χ1) is 19.6. The lowest BCUT2D eigenvalue weighted by atomic mass is 9.98. The Labute approximate surface area is 235 Å². The molecule has 3 aromatic carbocycles. The maximum Gasteiger partial charge on any atom is 0.258 e. The number of nitrogens with zero attached hydrogens (tertiary/aromatic N) is 2. The summed E-state index contributed by atoms with van der Waals surface area (Å²) in [6.45, 7) is 2.75. The second kappa shape index (κ2) is 10.3. The lowest BCUT2D eigenvalue weighted by Gasteiger charge is -2.24. The number of benzene rings is 3. The van der Waals surface area contributed by atoms with E-state index in [-0.39, 0.29) is 11.8 Å². The van der Waals surface area contributed by atoms with Crippen LogP contribution in [0.15, 0.2) is 90.0 Å². The van der Waals surface area contributed by atoms with Gasteiger partial charge in [-0.3, -0.25) is 9.59 Å². The van der Waals surface area contributed by atoms with Crippen LogP contribution in [0.5, 0.6) is 0 Å². The fraction of sp³-hybridized carbons (Fsp3) is 0.294. The van der Waals surface area contributed by atoms with E-state index in [1.165, 1.54) is 29.7 Å². The first-order valence-electron chi connectivity index (χ1n) is 14.5. The lowest BCUT2D eigenvalue weighted by molar-refractivity contribution is -0.117. The van der Waals surface area contributed by atoms with E-state index in [1.807, 2.05) is 47.4 Å². The molecule has 2 fully saturated rings. The molecule has 3 aromatic rings. The Kier molecular flexibility index (Phi) is 6.39. The summed E-state index contributed by atoms with van der Waals surface area (Å²) < 4.78 is 0. The monoisotopic (exact) mass is 530 g/mol. The molecule has 2 heterocycles. The molecule has 0 spiro atoms. The Morgan fingerprint density at radius 3 is 2.30 bits per heavy atom. The van der Waals surface area contributed by atoms with Crippen molar-refractivity contribution in [1.29, 1.82) is 0 Å². The van der Waals surface area contributed by atoms with Gasteiger partial charge in [0.1, 0.15) is 0 Å². The third-order valence-electron chi connectivity index (χ3n) is 8.44. The molecule has 0 bridgehead atoms. The van der Waals surface area contributed by atoms with E-state index >= 15 is 0 Å². The highest BCUT2D eigenvalue weighted by molar-refractivity contribution is 6.09. The molecule has 2 N–H and O–H groups in total. The van der Waals surface area contributed by atoms with E-state index in [4.69, 9.17) is 0 Å². The molecule has 0 radical (unpaired) electrons. The summed E-state index contributed by atoms with van der Waals surface area (Å²) in [7, 11) is 0. The van der Waals surface area contributed by atoms with Crippen molar-refractivity contribution in [3.63, 3.8) is 0 Å². The van der Waals surface area contributed by atoms with E-state index in [1.54, 1.807) is 0 Å². The summed E-state index contributed by atoms with van der Waals surface area (Å²) in [4.78, 5) is 30.9. The van der Waals surface area contributed by atoms with Gasteiger partial charge in [0.25, 0.3) is 5.91 Å². The van der Waals surface area contributed by atoms with Crippen molar-refractivity contribution < 1.29 is 9.59 Å². The van der Waals surface area contributed by atoms with Crippen LogP contribution in [0.25, 0.3) is 5.57 Å². The third kappa shape index (κ3) is 4.79. The number of carbonyl (C=O) groups is 2. The van der Waals surface area contributed by atoms with E-state index in [2.05, 4.69) is 51.9 Å². The van der Waals surface area contributed by atoms with Gasteiger partial charge in [-0.05, 0) is 91.8 Å². The fourth-order valence-corrected chi connectivity index (χ4v) is 6.14. The van der Waals surface area contributed by atoms with Crippen LogP contribution in [0, 0.1) is 0 Å². The summed E-state index contributed by atoms with van der Waals surface area (Å²) in [5.41, 5.74) is 9.07.